The lowest BCUT2D eigenvalue weighted by Gasteiger charge is -2.50. The van der Waals surface area contributed by atoms with Gasteiger partial charge in [-0.2, -0.15) is 0 Å². The molecule has 0 unspecified atom stereocenters. The number of imide groups is 4. The molecule has 0 aromatic heterocycles. The minimum atomic E-state index is -1.44. The summed E-state index contributed by atoms with van der Waals surface area (Å²) in [5, 5.41) is 0. The molecule has 0 saturated carbocycles. The highest BCUT2D eigenvalue weighted by Crippen LogP contribution is 2.49. The molecule has 4 aliphatic rings. The molecule has 5 rings (SSSR count). The lowest BCUT2D eigenvalue weighted by Crippen LogP contribution is -2.70. The summed E-state index contributed by atoms with van der Waals surface area (Å²) >= 11 is 0. The van der Waals surface area contributed by atoms with E-state index in [1.807, 2.05) is 6.07 Å². The van der Waals surface area contributed by atoms with E-state index < -0.39 is 41.1 Å². The Morgan fingerprint density at radius 3 is 2.05 bits per heavy atom. The summed E-state index contributed by atoms with van der Waals surface area (Å²) in [6, 6.07) is 3.78. The largest absolute Gasteiger partial charge is 0.367 e. The summed E-state index contributed by atoms with van der Waals surface area (Å²) < 4.78 is 0. The maximum absolute atomic E-state index is 13.6. The number of carbonyl (C=O) groups excluding carboxylic acids is 6. The average molecular weight is 508 g/mol. The maximum Gasteiger partial charge on any atom is 0.333 e. The minimum Gasteiger partial charge on any atom is -0.367 e. The summed E-state index contributed by atoms with van der Waals surface area (Å²) in [5.74, 6) is -2.34. The van der Waals surface area contributed by atoms with Crippen LogP contribution in [-0.4, -0.2) is 95.1 Å². The SMILES string of the molecule is CCN1C(=O)C(=Cc2ccc3c(c2)CC2(C(=O)N(C)C(=O)N(C)C2=O)[C@@H]2CCCN32)C(=O)N(CC)C1=O. The van der Waals surface area contributed by atoms with Gasteiger partial charge in [0.2, 0.25) is 11.8 Å². The van der Waals surface area contributed by atoms with Crippen molar-refractivity contribution < 1.29 is 28.8 Å². The molecule has 4 aliphatic heterocycles. The number of likely N-dealkylation sites (N-methyl/N-ethyl adjacent to an activating group) is 2. The molecule has 3 fully saturated rings. The van der Waals surface area contributed by atoms with E-state index in [4.69, 9.17) is 0 Å². The number of urea groups is 2. The van der Waals surface area contributed by atoms with Crippen molar-refractivity contribution in [3.8, 4) is 0 Å². The normalized spacial score (nSPS) is 23.4. The molecule has 11 heteroatoms. The van der Waals surface area contributed by atoms with Crippen molar-refractivity contribution in [2.45, 2.75) is 39.2 Å². The predicted molar refractivity (Wildman–Crippen MR) is 132 cm³/mol. The molecule has 0 bridgehead atoms. The number of hydrogen-bond acceptors (Lipinski definition) is 7. The summed E-state index contributed by atoms with van der Waals surface area (Å²) in [5.41, 5.74) is 0.589. The number of carbonyl (C=O) groups is 6. The van der Waals surface area contributed by atoms with Gasteiger partial charge in [0.1, 0.15) is 5.57 Å². The Hall–Kier alpha value is -4.02. The van der Waals surface area contributed by atoms with Crippen molar-refractivity contribution in [1.29, 1.82) is 0 Å². The summed E-state index contributed by atoms with van der Waals surface area (Å²) in [6.45, 7) is 4.26. The number of rotatable bonds is 3. The summed E-state index contributed by atoms with van der Waals surface area (Å²) in [7, 11) is 2.79. The molecule has 1 aromatic carbocycles. The zero-order valence-electron chi connectivity index (χ0n) is 21.3. The predicted octanol–water partition coefficient (Wildman–Crippen LogP) is 1.46. The van der Waals surface area contributed by atoms with Gasteiger partial charge in [-0.1, -0.05) is 6.07 Å². The van der Waals surface area contributed by atoms with Gasteiger partial charge in [0, 0.05) is 39.4 Å². The monoisotopic (exact) mass is 507 g/mol. The Morgan fingerprint density at radius 1 is 0.892 bits per heavy atom. The molecule has 11 nitrogen and oxygen atoms in total. The molecular formula is C26H29N5O6. The van der Waals surface area contributed by atoms with Gasteiger partial charge < -0.3 is 4.90 Å². The molecule has 1 aromatic rings. The zero-order chi connectivity index (χ0) is 26.8. The first kappa shape index (κ1) is 24.7. The van der Waals surface area contributed by atoms with E-state index >= 15 is 0 Å². The Labute approximate surface area is 214 Å². The minimum absolute atomic E-state index is 0.0999. The molecule has 1 spiro atoms. The highest BCUT2D eigenvalue weighted by atomic mass is 16.2. The van der Waals surface area contributed by atoms with Crippen LogP contribution in [0.5, 0.6) is 0 Å². The topological polar surface area (TPSA) is 119 Å². The lowest BCUT2D eigenvalue weighted by molar-refractivity contribution is -0.159. The van der Waals surface area contributed by atoms with E-state index in [-0.39, 0.29) is 31.1 Å². The third-order valence-electron chi connectivity index (χ3n) is 8.01. The van der Waals surface area contributed by atoms with Crippen LogP contribution >= 0.6 is 0 Å². The van der Waals surface area contributed by atoms with Gasteiger partial charge in [-0.15, -0.1) is 0 Å². The van der Waals surface area contributed by atoms with Gasteiger partial charge in [0.25, 0.3) is 11.8 Å². The van der Waals surface area contributed by atoms with Crippen LogP contribution in [0.4, 0.5) is 15.3 Å². The van der Waals surface area contributed by atoms with Crippen LogP contribution in [0.1, 0.15) is 37.8 Å². The van der Waals surface area contributed by atoms with Crippen molar-refractivity contribution in [2.75, 3.05) is 38.6 Å². The Kier molecular flexibility index (Phi) is 5.69. The van der Waals surface area contributed by atoms with E-state index in [2.05, 4.69) is 4.90 Å². The molecule has 8 amide bonds. The van der Waals surface area contributed by atoms with Crippen LogP contribution < -0.4 is 4.90 Å². The molecular weight excluding hydrogens is 478 g/mol. The molecule has 4 heterocycles. The fourth-order valence-electron chi connectivity index (χ4n) is 6.18. The van der Waals surface area contributed by atoms with Gasteiger partial charge in [-0.05, 0) is 62.4 Å². The first-order chi connectivity index (χ1) is 17.6. The molecule has 0 radical (unpaired) electrons. The third kappa shape index (κ3) is 3.25. The number of anilines is 1. The number of benzene rings is 1. The van der Waals surface area contributed by atoms with Crippen LogP contribution in [0.2, 0.25) is 0 Å². The lowest BCUT2D eigenvalue weighted by atomic mass is 9.68. The number of fused-ring (bicyclic) bond motifs is 4. The highest BCUT2D eigenvalue weighted by Gasteiger charge is 2.63. The van der Waals surface area contributed by atoms with Crippen molar-refractivity contribution in [3.05, 3.63) is 34.9 Å². The second-order valence-corrected chi connectivity index (χ2v) is 9.84. The number of amides is 8. The van der Waals surface area contributed by atoms with E-state index in [9.17, 15) is 28.8 Å². The molecule has 0 N–H and O–H groups in total. The number of hydrogen-bond donors (Lipinski definition) is 0. The van der Waals surface area contributed by atoms with Crippen LogP contribution in [0.3, 0.4) is 0 Å². The fraction of sp³-hybridized carbons (Fsp3) is 0.462. The standard InChI is InChI=1S/C26H29N5O6/c1-5-29-20(32)17(21(33)30(6-2)25(29)37)13-15-9-10-18-16(12-15)14-26(19-8-7-11-31(18)19)22(34)27(3)24(36)28(4)23(26)35/h9-10,12-13,19H,5-8,11,14H2,1-4H3/t19-/m0/s1. The average Bonchev–Trinajstić information content (AvgIpc) is 3.39. The van der Waals surface area contributed by atoms with Gasteiger partial charge in [-0.25, -0.2) is 9.59 Å². The van der Waals surface area contributed by atoms with E-state index in [0.717, 1.165) is 37.3 Å². The van der Waals surface area contributed by atoms with Gasteiger partial charge >= 0.3 is 12.1 Å². The number of nitrogens with zero attached hydrogens (tertiary/aromatic N) is 5. The van der Waals surface area contributed by atoms with Crippen molar-refractivity contribution in [1.82, 2.24) is 19.6 Å². The Morgan fingerprint density at radius 2 is 1.49 bits per heavy atom. The summed E-state index contributed by atoms with van der Waals surface area (Å²) in [6.07, 6.45) is 3.01. The molecule has 0 aliphatic carbocycles. The smallest absolute Gasteiger partial charge is 0.333 e. The summed E-state index contributed by atoms with van der Waals surface area (Å²) in [4.78, 5) is 84.2. The molecule has 194 valence electrons. The first-order valence-corrected chi connectivity index (χ1v) is 12.5. The molecule has 3 saturated heterocycles. The highest BCUT2D eigenvalue weighted by molar-refractivity contribution is 6.31. The van der Waals surface area contributed by atoms with E-state index in [1.54, 1.807) is 26.0 Å². The van der Waals surface area contributed by atoms with Crippen LogP contribution in [-0.2, 0) is 25.6 Å². The van der Waals surface area contributed by atoms with Crippen molar-refractivity contribution in [3.63, 3.8) is 0 Å². The number of barbiturate groups is 2. The Balaban J connectivity index is 1.60. The van der Waals surface area contributed by atoms with Gasteiger partial charge in [0.05, 0.1) is 6.04 Å². The fourth-order valence-corrected chi connectivity index (χ4v) is 6.18. The second-order valence-electron chi connectivity index (χ2n) is 9.84. The first-order valence-electron chi connectivity index (χ1n) is 12.5. The van der Waals surface area contributed by atoms with Crippen LogP contribution in [0.15, 0.2) is 23.8 Å². The Bertz CT molecular complexity index is 1250. The van der Waals surface area contributed by atoms with E-state index in [0.29, 0.717) is 18.5 Å². The molecule has 1 atom stereocenters. The van der Waals surface area contributed by atoms with Gasteiger partial charge in [0.15, 0.2) is 5.41 Å². The zero-order valence-corrected chi connectivity index (χ0v) is 21.3. The molecule has 37 heavy (non-hydrogen) atoms. The van der Waals surface area contributed by atoms with Crippen molar-refractivity contribution >= 4 is 47.5 Å². The van der Waals surface area contributed by atoms with Gasteiger partial charge in [-0.3, -0.25) is 38.8 Å². The quantitative estimate of drug-likeness (QED) is 0.345. The second kappa shape index (κ2) is 8.53. The van der Waals surface area contributed by atoms with Crippen LogP contribution in [0.25, 0.3) is 6.08 Å². The van der Waals surface area contributed by atoms with E-state index in [1.165, 1.54) is 20.2 Å². The maximum atomic E-state index is 13.6. The third-order valence-corrected chi connectivity index (χ3v) is 8.01. The van der Waals surface area contributed by atoms with Crippen LogP contribution in [0, 0.1) is 5.41 Å². The van der Waals surface area contributed by atoms with Crippen molar-refractivity contribution in [2.24, 2.45) is 5.41 Å².